The molecule has 3 aromatic rings. The average Bonchev–Trinajstić information content (AvgIpc) is 3.26. The second kappa shape index (κ2) is 8.47. The van der Waals surface area contributed by atoms with Crippen LogP contribution in [-0.2, 0) is 0 Å². The topological polar surface area (TPSA) is 63.2 Å². The first kappa shape index (κ1) is 20.4. The quantitative estimate of drug-likeness (QED) is 0.528. The van der Waals surface area contributed by atoms with Crippen molar-refractivity contribution >= 4 is 5.52 Å². The van der Waals surface area contributed by atoms with Crippen molar-refractivity contribution < 1.29 is 4.74 Å². The van der Waals surface area contributed by atoms with Gasteiger partial charge in [0.05, 0.1) is 36.1 Å². The first-order chi connectivity index (χ1) is 14.5. The Morgan fingerprint density at radius 3 is 2.57 bits per heavy atom. The second-order valence-corrected chi connectivity index (χ2v) is 9.20. The lowest BCUT2D eigenvalue weighted by Gasteiger charge is -2.24. The van der Waals surface area contributed by atoms with Gasteiger partial charge in [0.25, 0.3) is 0 Å². The van der Waals surface area contributed by atoms with Crippen LogP contribution in [0.4, 0.5) is 0 Å². The van der Waals surface area contributed by atoms with E-state index in [0.717, 1.165) is 29.6 Å². The summed E-state index contributed by atoms with van der Waals surface area (Å²) in [7, 11) is 1.64. The summed E-state index contributed by atoms with van der Waals surface area (Å²) in [6, 6.07) is 10.5. The van der Waals surface area contributed by atoms with Gasteiger partial charge in [0.15, 0.2) is 0 Å². The fourth-order valence-corrected chi connectivity index (χ4v) is 4.83. The maximum Gasteiger partial charge on any atom is 0.302 e. The molecule has 0 bridgehead atoms. The summed E-state index contributed by atoms with van der Waals surface area (Å²) in [5.41, 5.74) is 5.39. The highest BCUT2D eigenvalue weighted by Crippen LogP contribution is 2.41. The minimum Gasteiger partial charge on any atom is -0.468 e. The van der Waals surface area contributed by atoms with Crippen LogP contribution in [0.5, 0.6) is 6.01 Å². The van der Waals surface area contributed by atoms with Crippen LogP contribution in [-0.4, -0.2) is 21.5 Å². The molecule has 0 spiro atoms. The van der Waals surface area contributed by atoms with E-state index in [9.17, 15) is 5.26 Å². The van der Waals surface area contributed by atoms with Crippen molar-refractivity contribution in [1.29, 1.82) is 5.26 Å². The van der Waals surface area contributed by atoms with E-state index in [0.29, 0.717) is 22.9 Å². The van der Waals surface area contributed by atoms with E-state index >= 15 is 0 Å². The Morgan fingerprint density at radius 1 is 1.10 bits per heavy atom. The fourth-order valence-electron chi connectivity index (χ4n) is 4.83. The van der Waals surface area contributed by atoms with Crippen molar-refractivity contribution in [3.8, 4) is 23.3 Å². The normalized spacial score (nSPS) is 19.5. The van der Waals surface area contributed by atoms with Crippen LogP contribution in [0.1, 0.15) is 75.8 Å². The van der Waals surface area contributed by atoms with Crippen LogP contribution in [0, 0.1) is 16.7 Å². The van der Waals surface area contributed by atoms with Crippen molar-refractivity contribution in [2.24, 2.45) is 5.41 Å². The molecule has 5 heteroatoms. The minimum atomic E-state index is 0.426. The molecule has 30 heavy (non-hydrogen) atoms. The molecule has 1 aromatic carbocycles. The zero-order chi connectivity index (χ0) is 21.1. The molecule has 1 fully saturated rings. The summed E-state index contributed by atoms with van der Waals surface area (Å²) >= 11 is 0. The van der Waals surface area contributed by atoms with Gasteiger partial charge < -0.3 is 4.74 Å². The van der Waals surface area contributed by atoms with Gasteiger partial charge >= 0.3 is 6.01 Å². The molecule has 1 aliphatic rings. The Hall–Kier alpha value is -2.87. The summed E-state index contributed by atoms with van der Waals surface area (Å²) in [5.74, 6) is 0.433. The highest BCUT2D eigenvalue weighted by Gasteiger charge is 2.26. The molecular weight excluding hydrogens is 372 g/mol. The van der Waals surface area contributed by atoms with E-state index in [1.54, 1.807) is 13.4 Å². The minimum absolute atomic E-state index is 0.426. The van der Waals surface area contributed by atoms with E-state index in [2.05, 4.69) is 24.9 Å². The molecule has 0 radical (unpaired) electrons. The Kier molecular flexibility index (Phi) is 5.76. The Balaban J connectivity index is 1.84. The Labute approximate surface area is 178 Å². The van der Waals surface area contributed by atoms with Crippen molar-refractivity contribution in [3.63, 3.8) is 0 Å². The summed E-state index contributed by atoms with van der Waals surface area (Å²) in [6.07, 6.45) is 12.3. The number of rotatable bonds is 3. The Morgan fingerprint density at radius 2 is 1.83 bits per heavy atom. The van der Waals surface area contributed by atoms with Gasteiger partial charge in [-0.2, -0.15) is 10.2 Å². The van der Waals surface area contributed by atoms with Gasteiger partial charge in [0.2, 0.25) is 0 Å². The van der Waals surface area contributed by atoms with Gasteiger partial charge in [0, 0.05) is 11.1 Å². The smallest absolute Gasteiger partial charge is 0.302 e. The molecule has 2 aromatic heterocycles. The maximum absolute atomic E-state index is 9.18. The number of ether oxygens (including phenoxy) is 1. The predicted molar refractivity (Wildman–Crippen MR) is 119 cm³/mol. The lowest BCUT2D eigenvalue weighted by atomic mass is 9.82. The molecule has 5 nitrogen and oxygen atoms in total. The molecule has 0 amide bonds. The van der Waals surface area contributed by atoms with Crippen LogP contribution in [0.25, 0.3) is 16.8 Å². The van der Waals surface area contributed by atoms with Crippen LogP contribution < -0.4 is 4.74 Å². The second-order valence-electron chi connectivity index (χ2n) is 9.20. The molecule has 1 saturated carbocycles. The first-order valence-electron chi connectivity index (χ1n) is 10.9. The van der Waals surface area contributed by atoms with E-state index in [1.165, 1.54) is 37.7 Å². The summed E-state index contributed by atoms with van der Waals surface area (Å²) in [6.45, 7) is 4.80. The average molecular weight is 403 g/mol. The third-order valence-electron chi connectivity index (χ3n) is 6.52. The summed E-state index contributed by atoms with van der Waals surface area (Å²) < 4.78 is 7.54. The lowest BCUT2D eigenvalue weighted by Crippen LogP contribution is -2.10. The Bertz CT molecular complexity index is 1060. The largest absolute Gasteiger partial charge is 0.468 e. The number of nitrogens with zero attached hydrogens (tertiary/aromatic N) is 4. The standard InChI is InChI=1S/C25H30N4O/c1-25(2)13-5-4-7-19(8-6-14-25)22-21-16-27-17-29(21)24(30-3)28-23(22)20-11-9-18(15-26)10-12-20/h9-12,16-17,19H,4-8,13-14H2,1-3H3. The lowest BCUT2D eigenvalue weighted by molar-refractivity contribution is 0.293. The highest BCUT2D eigenvalue weighted by molar-refractivity contribution is 5.74. The van der Waals surface area contributed by atoms with Crippen LogP contribution in [0.2, 0.25) is 0 Å². The van der Waals surface area contributed by atoms with Crippen molar-refractivity contribution in [3.05, 3.63) is 47.9 Å². The van der Waals surface area contributed by atoms with Crippen molar-refractivity contribution in [2.75, 3.05) is 7.11 Å². The van der Waals surface area contributed by atoms with E-state index in [4.69, 9.17) is 9.72 Å². The molecular formula is C25H30N4O. The number of hydrogen-bond acceptors (Lipinski definition) is 4. The number of nitriles is 1. The molecule has 0 aliphatic heterocycles. The van der Waals surface area contributed by atoms with Crippen LogP contribution >= 0.6 is 0 Å². The molecule has 156 valence electrons. The fraction of sp³-hybridized carbons (Fsp3) is 0.480. The highest BCUT2D eigenvalue weighted by atomic mass is 16.5. The number of hydrogen-bond donors (Lipinski definition) is 0. The van der Waals surface area contributed by atoms with Crippen molar-refractivity contribution in [1.82, 2.24) is 14.4 Å². The van der Waals surface area contributed by atoms with Gasteiger partial charge in [-0.1, -0.05) is 45.2 Å². The molecule has 0 N–H and O–H groups in total. The predicted octanol–water partition coefficient (Wildman–Crippen LogP) is 6.13. The SMILES string of the molecule is COc1nc(-c2ccc(C#N)cc2)c(C2CCCCC(C)(C)CCC2)c2cncn12. The zero-order valence-corrected chi connectivity index (χ0v) is 18.2. The van der Waals surface area contributed by atoms with Crippen LogP contribution in [0.15, 0.2) is 36.8 Å². The van der Waals surface area contributed by atoms with Gasteiger partial charge in [-0.15, -0.1) is 0 Å². The number of benzene rings is 1. The van der Waals surface area contributed by atoms with E-state index in [1.807, 2.05) is 34.9 Å². The number of imidazole rings is 1. The van der Waals surface area contributed by atoms with Gasteiger partial charge in [-0.25, -0.2) is 4.98 Å². The van der Waals surface area contributed by atoms with Gasteiger partial charge in [0.1, 0.15) is 6.33 Å². The number of methoxy groups -OCH3 is 1. The third-order valence-corrected chi connectivity index (χ3v) is 6.52. The van der Waals surface area contributed by atoms with Gasteiger partial charge in [-0.05, 0) is 49.1 Å². The maximum atomic E-state index is 9.18. The monoisotopic (exact) mass is 402 g/mol. The third kappa shape index (κ3) is 4.05. The number of fused-ring (bicyclic) bond motifs is 1. The summed E-state index contributed by atoms with van der Waals surface area (Å²) in [5, 5.41) is 9.18. The van der Waals surface area contributed by atoms with E-state index in [-0.39, 0.29) is 0 Å². The molecule has 2 heterocycles. The molecule has 1 atom stereocenters. The zero-order valence-electron chi connectivity index (χ0n) is 18.2. The molecule has 4 rings (SSSR count). The molecule has 0 saturated heterocycles. The first-order valence-corrected chi connectivity index (χ1v) is 10.9. The number of aromatic nitrogens is 3. The van der Waals surface area contributed by atoms with Crippen LogP contribution in [0.3, 0.4) is 0 Å². The molecule has 1 unspecified atom stereocenters. The molecule has 1 aliphatic carbocycles. The van der Waals surface area contributed by atoms with E-state index < -0.39 is 0 Å². The van der Waals surface area contributed by atoms with Gasteiger partial charge in [-0.3, -0.25) is 4.40 Å². The summed E-state index contributed by atoms with van der Waals surface area (Å²) in [4.78, 5) is 9.33. The van der Waals surface area contributed by atoms with Crippen molar-refractivity contribution in [2.45, 2.75) is 64.7 Å².